The molecule has 2 fully saturated rings. The van der Waals surface area contributed by atoms with Gasteiger partial charge in [-0.2, -0.15) is 11.3 Å². The molecule has 0 spiro atoms. The molecule has 3 aliphatic heterocycles. The van der Waals surface area contributed by atoms with Crippen molar-refractivity contribution in [2.45, 2.75) is 19.0 Å². The van der Waals surface area contributed by atoms with Gasteiger partial charge in [0.2, 0.25) is 11.8 Å². The molecule has 1 N–H and O–H groups in total. The first-order chi connectivity index (χ1) is 16.1. The van der Waals surface area contributed by atoms with Crippen molar-refractivity contribution in [3.8, 4) is 0 Å². The molecule has 4 aliphatic rings. The number of anilines is 1. The van der Waals surface area contributed by atoms with Gasteiger partial charge in [-0.05, 0) is 63.9 Å². The number of amides is 2. The van der Waals surface area contributed by atoms with Crippen LogP contribution in [0.1, 0.15) is 23.1 Å². The quantitative estimate of drug-likeness (QED) is 0.710. The SMILES string of the molecule is O=C1Nc2ncc(/C=C/C(=O)N3CC4C=C(c5ccsc5)CC4C3)cc2CN2CCOCC12. The second-order valence-electron chi connectivity index (χ2n) is 9.24. The van der Waals surface area contributed by atoms with Crippen molar-refractivity contribution >= 4 is 40.6 Å². The number of fused-ring (bicyclic) bond motifs is 3. The van der Waals surface area contributed by atoms with E-state index < -0.39 is 0 Å². The lowest BCUT2D eigenvalue weighted by Crippen LogP contribution is -2.49. The summed E-state index contributed by atoms with van der Waals surface area (Å²) in [5.41, 5.74) is 4.59. The van der Waals surface area contributed by atoms with Gasteiger partial charge in [-0.25, -0.2) is 4.98 Å². The van der Waals surface area contributed by atoms with E-state index in [4.69, 9.17) is 4.74 Å². The first-order valence-electron chi connectivity index (χ1n) is 11.5. The van der Waals surface area contributed by atoms with E-state index >= 15 is 0 Å². The van der Waals surface area contributed by atoms with Gasteiger partial charge in [0.1, 0.15) is 11.9 Å². The largest absolute Gasteiger partial charge is 0.378 e. The number of carbonyl (C=O) groups excluding carboxylic acids is 2. The fraction of sp³-hybridized carbons (Fsp3) is 0.400. The van der Waals surface area contributed by atoms with Crippen LogP contribution in [0.15, 0.2) is 41.2 Å². The summed E-state index contributed by atoms with van der Waals surface area (Å²) in [5.74, 6) is 1.55. The number of rotatable bonds is 3. The van der Waals surface area contributed by atoms with Crippen molar-refractivity contribution in [3.05, 3.63) is 57.9 Å². The van der Waals surface area contributed by atoms with Crippen molar-refractivity contribution in [3.63, 3.8) is 0 Å². The molecule has 2 aromatic heterocycles. The second-order valence-corrected chi connectivity index (χ2v) is 10.0. The Kier molecular flexibility index (Phi) is 5.36. The number of aromatic nitrogens is 1. The van der Waals surface area contributed by atoms with Crippen LogP contribution in [0.4, 0.5) is 5.82 Å². The molecule has 7 nitrogen and oxygen atoms in total. The maximum Gasteiger partial charge on any atom is 0.246 e. The van der Waals surface area contributed by atoms with E-state index in [-0.39, 0.29) is 17.9 Å². The third-order valence-corrected chi connectivity index (χ3v) is 7.84. The number of ether oxygens (including phenoxy) is 1. The number of pyridine rings is 1. The molecular weight excluding hydrogens is 436 g/mol. The number of hydrogen-bond acceptors (Lipinski definition) is 6. The monoisotopic (exact) mass is 462 g/mol. The molecule has 3 atom stereocenters. The Hall–Kier alpha value is -2.81. The zero-order valence-corrected chi connectivity index (χ0v) is 19.1. The normalized spacial score (nSPS) is 27.0. The average molecular weight is 463 g/mol. The molecule has 3 unspecified atom stereocenters. The van der Waals surface area contributed by atoms with Crippen LogP contribution in [-0.2, 0) is 20.9 Å². The van der Waals surface area contributed by atoms with Crippen LogP contribution in [0.25, 0.3) is 11.6 Å². The molecule has 2 amide bonds. The molecule has 0 aromatic carbocycles. The Bertz CT molecular complexity index is 1140. The highest BCUT2D eigenvalue weighted by molar-refractivity contribution is 7.08. The van der Waals surface area contributed by atoms with Gasteiger partial charge >= 0.3 is 0 Å². The molecule has 0 bridgehead atoms. The number of likely N-dealkylation sites (tertiary alicyclic amines) is 1. The van der Waals surface area contributed by atoms with Crippen molar-refractivity contribution in [2.75, 3.05) is 38.2 Å². The lowest BCUT2D eigenvalue weighted by molar-refractivity contribution is -0.127. The van der Waals surface area contributed by atoms with E-state index in [1.165, 1.54) is 11.1 Å². The van der Waals surface area contributed by atoms with E-state index in [9.17, 15) is 9.59 Å². The lowest BCUT2D eigenvalue weighted by atomic mass is 9.99. The van der Waals surface area contributed by atoms with E-state index in [1.54, 1.807) is 23.6 Å². The summed E-state index contributed by atoms with van der Waals surface area (Å²) in [4.78, 5) is 33.9. The van der Waals surface area contributed by atoms with Crippen LogP contribution in [0.5, 0.6) is 0 Å². The summed E-state index contributed by atoms with van der Waals surface area (Å²) in [6, 6.07) is 3.92. The molecule has 2 aromatic rings. The van der Waals surface area contributed by atoms with Crippen LogP contribution in [0.3, 0.4) is 0 Å². The summed E-state index contributed by atoms with van der Waals surface area (Å²) in [7, 11) is 0. The minimum absolute atomic E-state index is 0.0476. The van der Waals surface area contributed by atoms with Crippen LogP contribution in [0, 0.1) is 11.8 Å². The molecule has 1 aliphatic carbocycles. The van der Waals surface area contributed by atoms with Gasteiger partial charge in [-0.1, -0.05) is 6.08 Å². The minimum atomic E-state index is -0.280. The number of morpholine rings is 1. The van der Waals surface area contributed by atoms with Crippen LogP contribution < -0.4 is 5.32 Å². The van der Waals surface area contributed by atoms with Gasteiger partial charge in [0.15, 0.2) is 0 Å². The summed E-state index contributed by atoms with van der Waals surface area (Å²) in [5, 5.41) is 7.25. The maximum absolute atomic E-state index is 12.9. The number of carbonyl (C=O) groups is 2. The number of nitrogens with one attached hydrogen (secondary N) is 1. The second kappa shape index (κ2) is 8.52. The first kappa shape index (κ1) is 20.8. The van der Waals surface area contributed by atoms with E-state index in [2.05, 4.69) is 38.1 Å². The van der Waals surface area contributed by atoms with Crippen LogP contribution in [0.2, 0.25) is 0 Å². The smallest absolute Gasteiger partial charge is 0.246 e. The van der Waals surface area contributed by atoms with Crippen LogP contribution in [-0.4, -0.2) is 65.5 Å². The van der Waals surface area contributed by atoms with E-state index in [0.29, 0.717) is 37.4 Å². The van der Waals surface area contributed by atoms with Crippen LogP contribution >= 0.6 is 11.3 Å². The first-order valence-corrected chi connectivity index (χ1v) is 12.4. The Balaban J connectivity index is 1.12. The Morgan fingerprint density at radius 2 is 2.27 bits per heavy atom. The molecule has 0 saturated carbocycles. The number of thiophene rings is 1. The summed E-state index contributed by atoms with van der Waals surface area (Å²) < 4.78 is 5.47. The lowest BCUT2D eigenvalue weighted by Gasteiger charge is -2.32. The van der Waals surface area contributed by atoms with Gasteiger partial charge < -0.3 is 15.0 Å². The standard InChI is InChI=1S/C25H26N4O3S/c30-23(29-11-19-8-18(9-20(19)12-29)17-3-6-33-15-17)2-1-16-7-21-13-28-4-5-32-14-22(28)25(31)27-24(21)26-10-16/h1-3,6-8,10,15,19-20,22H,4-5,9,11-14H2,(H,26,27,31)/b2-1+. The number of hydrogen-bond donors (Lipinski definition) is 1. The number of nitrogens with zero attached hydrogens (tertiary/aromatic N) is 3. The molecular formula is C25H26N4O3S. The Morgan fingerprint density at radius 3 is 3.12 bits per heavy atom. The highest BCUT2D eigenvalue weighted by Crippen LogP contribution is 2.41. The van der Waals surface area contributed by atoms with Gasteiger partial charge in [0.05, 0.1) is 13.2 Å². The molecule has 33 heavy (non-hydrogen) atoms. The molecule has 5 heterocycles. The molecule has 8 heteroatoms. The van der Waals surface area contributed by atoms with E-state index in [0.717, 1.165) is 37.2 Å². The van der Waals surface area contributed by atoms with E-state index in [1.807, 2.05) is 17.0 Å². The molecule has 6 rings (SSSR count). The van der Waals surface area contributed by atoms with Crippen molar-refractivity contribution in [1.82, 2.24) is 14.8 Å². The summed E-state index contributed by atoms with van der Waals surface area (Å²) >= 11 is 1.73. The highest BCUT2D eigenvalue weighted by atomic mass is 32.1. The van der Waals surface area contributed by atoms with Gasteiger partial charge in [-0.3, -0.25) is 14.5 Å². The average Bonchev–Trinajstić information content (AvgIpc) is 3.54. The molecule has 2 saturated heterocycles. The Morgan fingerprint density at radius 1 is 1.33 bits per heavy atom. The summed E-state index contributed by atoms with van der Waals surface area (Å²) in [6.07, 6.45) is 8.62. The third-order valence-electron chi connectivity index (χ3n) is 7.16. The van der Waals surface area contributed by atoms with Gasteiger partial charge in [0, 0.05) is 44.0 Å². The summed E-state index contributed by atoms with van der Waals surface area (Å²) in [6.45, 7) is 3.99. The Labute approximate surface area is 196 Å². The highest BCUT2D eigenvalue weighted by Gasteiger charge is 2.38. The fourth-order valence-corrected chi connectivity index (χ4v) is 6.05. The topological polar surface area (TPSA) is 74.8 Å². The maximum atomic E-state index is 12.9. The zero-order chi connectivity index (χ0) is 22.4. The van der Waals surface area contributed by atoms with Crippen molar-refractivity contribution in [2.24, 2.45) is 11.8 Å². The van der Waals surface area contributed by atoms with Crippen molar-refractivity contribution < 1.29 is 14.3 Å². The number of allylic oxidation sites excluding steroid dienone is 1. The predicted octanol–water partition coefficient (Wildman–Crippen LogP) is 2.87. The minimum Gasteiger partial charge on any atom is -0.378 e. The van der Waals surface area contributed by atoms with Gasteiger partial charge in [-0.15, -0.1) is 0 Å². The zero-order valence-electron chi connectivity index (χ0n) is 18.3. The van der Waals surface area contributed by atoms with Crippen molar-refractivity contribution in [1.29, 1.82) is 0 Å². The molecule has 170 valence electrons. The predicted molar refractivity (Wildman–Crippen MR) is 127 cm³/mol. The third kappa shape index (κ3) is 4.03. The fourth-order valence-electron chi connectivity index (χ4n) is 5.36. The molecule has 0 radical (unpaired) electrons. The van der Waals surface area contributed by atoms with Gasteiger partial charge in [0.25, 0.3) is 0 Å².